The van der Waals surface area contributed by atoms with Crippen molar-refractivity contribution in [2.24, 2.45) is 5.92 Å². The van der Waals surface area contributed by atoms with Gasteiger partial charge in [-0.15, -0.1) is 0 Å². The summed E-state index contributed by atoms with van der Waals surface area (Å²) in [4.78, 5) is 2.86. The minimum Gasteiger partial charge on any atom is -0.374 e. The zero-order valence-corrected chi connectivity index (χ0v) is 14.0. The summed E-state index contributed by atoms with van der Waals surface area (Å²) in [5.74, 6) is 3.55. The van der Waals surface area contributed by atoms with E-state index in [4.69, 9.17) is 4.74 Å². The van der Waals surface area contributed by atoms with E-state index in [1.54, 1.807) is 0 Å². The van der Waals surface area contributed by atoms with E-state index in [9.17, 15) is 0 Å². The van der Waals surface area contributed by atoms with Crippen LogP contribution in [0.3, 0.4) is 0 Å². The van der Waals surface area contributed by atoms with Crippen molar-refractivity contribution in [3.05, 3.63) is 0 Å². The van der Waals surface area contributed by atoms with Gasteiger partial charge in [-0.25, -0.2) is 0 Å². The summed E-state index contributed by atoms with van der Waals surface area (Å²) in [5, 5.41) is 3.70. The first kappa shape index (κ1) is 14.8. The molecule has 3 atom stereocenters. The normalized spacial score (nSPS) is 40.4. The molecule has 0 aromatic carbocycles. The Labute approximate surface area is 133 Å². The minimum atomic E-state index is 0.235. The second-order valence-corrected chi connectivity index (χ2v) is 8.78. The average molecular weight is 311 g/mol. The molecule has 0 aromatic heterocycles. The maximum Gasteiger partial charge on any atom is 0.0795 e. The summed E-state index contributed by atoms with van der Waals surface area (Å²) in [7, 11) is 0. The van der Waals surface area contributed by atoms with Gasteiger partial charge in [0, 0.05) is 37.5 Å². The van der Waals surface area contributed by atoms with Gasteiger partial charge >= 0.3 is 0 Å². The Morgan fingerprint density at radius 3 is 2.86 bits per heavy atom. The van der Waals surface area contributed by atoms with Gasteiger partial charge in [-0.3, -0.25) is 4.90 Å². The molecule has 3 unspecified atom stereocenters. The molecule has 4 heteroatoms. The van der Waals surface area contributed by atoms with Crippen LogP contribution in [0.5, 0.6) is 0 Å². The van der Waals surface area contributed by atoms with Gasteiger partial charge in [0.15, 0.2) is 0 Å². The van der Waals surface area contributed by atoms with Gasteiger partial charge < -0.3 is 10.1 Å². The molecule has 120 valence electrons. The smallest absolute Gasteiger partial charge is 0.0795 e. The summed E-state index contributed by atoms with van der Waals surface area (Å²) in [5.41, 5.74) is 0.235. The van der Waals surface area contributed by atoms with Crippen LogP contribution in [-0.4, -0.2) is 60.3 Å². The lowest BCUT2D eigenvalue weighted by atomic mass is 9.88. The van der Waals surface area contributed by atoms with Gasteiger partial charge in [-0.1, -0.05) is 0 Å². The van der Waals surface area contributed by atoms with Crippen LogP contribution in [0, 0.1) is 5.92 Å². The van der Waals surface area contributed by atoms with E-state index >= 15 is 0 Å². The predicted octanol–water partition coefficient (Wildman–Crippen LogP) is 2.51. The molecule has 21 heavy (non-hydrogen) atoms. The number of hydrogen-bond acceptors (Lipinski definition) is 4. The van der Waals surface area contributed by atoms with Crippen molar-refractivity contribution in [3.8, 4) is 0 Å². The van der Waals surface area contributed by atoms with Crippen molar-refractivity contribution >= 4 is 11.8 Å². The van der Waals surface area contributed by atoms with Gasteiger partial charge in [0.25, 0.3) is 0 Å². The zero-order chi connectivity index (χ0) is 14.1. The summed E-state index contributed by atoms with van der Waals surface area (Å²) >= 11 is 2.10. The van der Waals surface area contributed by atoms with Crippen LogP contribution in [0.15, 0.2) is 0 Å². The van der Waals surface area contributed by atoms with Crippen LogP contribution >= 0.6 is 11.8 Å². The molecule has 0 radical (unpaired) electrons. The molecule has 4 fully saturated rings. The van der Waals surface area contributed by atoms with Gasteiger partial charge in [0.05, 0.1) is 5.60 Å². The van der Waals surface area contributed by atoms with Crippen molar-refractivity contribution < 1.29 is 4.74 Å². The Morgan fingerprint density at radius 1 is 1.19 bits per heavy atom. The third-order valence-electron chi connectivity index (χ3n) is 5.86. The fourth-order valence-corrected chi connectivity index (χ4v) is 5.76. The minimum absolute atomic E-state index is 0.235. The van der Waals surface area contributed by atoms with Crippen LogP contribution in [0.25, 0.3) is 0 Å². The Balaban J connectivity index is 1.40. The van der Waals surface area contributed by atoms with Crippen LogP contribution in [0.4, 0.5) is 0 Å². The molecule has 1 spiro atoms. The Kier molecular flexibility index (Phi) is 4.50. The third kappa shape index (κ3) is 3.60. The topological polar surface area (TPSA) is 24.5 Å². The standard InChI is InChI=1S/C17H30N2OS/c1-2-15(18-7-1)12-19(11-14-3-4-14)16-5-8-20-17(10-16)6-9-21-13-17/h14-16,18H,1-13H2. The molecule has 0 amide bonds. The largest absolute Gasteiger partial charge is 0.374 e. The lowest BCUT2D eigenvalue weighted by Crippen LogP contribution is -2.52. The molecule has 4 rings (SSSR count). The monoisotopic (exact) mass is 310 g/mol. The molecule has 3 aliphatic heterocycles. The first-order valence-electron chi connectivity index (χ1n) is 9.02. The third-order valence-corrected chi connectivity index (χ3v) is 7.08. The van der Waals surface area contributed by atoms with Crippen molar-refractivity contribution in [3.63, 3.8) is 0 Å². The first-order chi connectivity index (χ1) is 10.3. The highest BCUT2D eigenvalue weighted by Crippen LogP contribution is 2.40. The molecule has 4 aliphatic rings. The summed E-state index contributed by atoms with van der Waals surface area (Å²) in [6.45, 7) is 4.86. The van der Waals surface area contributed by atoms with E-state index < -0.39 is 0 Å². The van der Waals surface area contributed by atoms with Crippen molar-refractivity contribution in [1.82, 2.24) is 10.2 Å². The van der Waals surface area contributed by atoms with Gasteiger partial charge in [-0.2, -0.15) is 11.8 Å². The molecule has 0 aromatic rings. The van der Waals surface area contributed by atoms with E-state index in [2.05, 4.69) is 22.0 Å². The second-order valence-electron chi connectivity index (χ2n) is 7.67. The molecule has 3 saturated heterocycles. The first-order valence-corrected chi connectivity index (χ1v) is 10.2. The van der Waals surface area contributed by atoms with Gasteiger partial charge in [0.2, 0.25) is 0 Å². The summed E-state index contributed by atoms with van der Waals surface area (Å²) in [6, 6.07) is 1.53. The molecule has 1 aliphatic carbocycles. The molecule has 3 heterocycles. The molecule has 3 nitrogen and oxygen atoms in total. The summed E-state index contributed by atoms with van der Waals surface area (Å²) in [6.07, 6.45) is 9.53. The van der Waals surface area contributed by atoms with Gasteiger partial charge in [-0.05, 0) is 63.2 Å². The number of ether oxygens (including phenoxy) is 1. The number of nitrogens with one attached hydrogen (secondary N) is 1. The number of hydrogen-bond donors (Lipinski definition) is 1. The summed E-state index contributed by atoms with van der Waals surface area (Å²) < 4.78 is 6.23. The fraction of sp³-hybridized carbons (Fsp3) is 1.00. The zero-order valence-electron chi connectivity index (χ0n) is 13.2. The quantitative estimate of drug-likeness (QED) is 0.843. The van der Waals surface area contributed by atoms with Crippen LogP contribution in [0.1, 0.15) is 44.9 Å². The highest BCUT2D eigenvalue weighted by Gasteiger charge is 2.43. The highest BCUT2D eigenvalue weighted by atomic mass is 32.2. The van der Waals surface area contributed by atoms with E-state index in [1.165, 1.54) is 76.1 Å². The van der Waals surface area contributed by atoms with Crippen molar-refractivity contribution in [1.29, 1.82) is 0 Å². The molecule has 0 bridgehead atoms. The second kappa shape index (κ2) is 6.38. The van der Waals surface area contributed by atoms with Crippen LogP contribution in [0.2, 0.25) is 0 Å². The Hall–Kier alpha value is 0.230. The lowest BCUT2D eigenvalue weighted by Gasteiger charge is -2.43. The Bertz CT molecular complexity index is 349. The van der Waals surface area contributed by atoms with E-state index in [0.29, 0.717) is 0 Å². The Morgan fingerprint density at radius 2 is 2.14 bits per heavy atom. The molecule has 1 N–H and O–H groups in total. The maximum absolute atomic E-state index is 6.23. The van der Waals surface area contributed by atoms with E-state index in [0.717, 1.165) is 24.6 Å². The van der Waals surface area contributed by atoms with E-state index in [1.807, 2.05) is 0 Å². The van der Waals surface area contributed by atoms with Crippen LogP contribution < -0.4 is 5.32 Å². The predicted molar refractivity (Wildman–Crippen MR) is 89.0 cm³/mol. The average Bonchev–Trinajstić information content (AvgIpc) is 2.97. The highest BCUT2D eigenvalue weighted by molar-refractivity contribution is 7.99. The fourth-order valence-electron chi connectivity index (χ4n) is 4.38. The number of nitrogens with zero attached hydrogens (tertiary/aromatic N) is 1. The van der Waals surface area contributed by atoms with Gasteiger partial charge in [0.1, 0.15) is 0 Å². The van der Waals surface area contributed by atoms with E-state index in [-0.39, 0.29) is 5.60 Å². The van der Waals surface area contributed by atoms with Crippen molar-refractivity contribution in [2.75, 3.05) is 37.7 Å². The number of rotatable bonds is 5. The SMILES string of the molecule is C1CNC(CN(CC2CC2)C2CCOC3(CCSC3)C2)C1. The molecule has 1 saturated carbocycles. The van der Waals surface area contributed by atoms with Crippen molar-refractivity contribution in [2.45, 2.75) is 62.6 Å². The van der Waals surface area contributed by atoms with Crippen LogP contribution in [-0.2, 0) is 4.74 Å². The lowest BCUT2D eigenvalue weighted by molar-refractivity contribution is -0.0908. The number of thioether (sulfide) groups is 1. The molecular formula is C17H30N2OS. The molecular weight excluding hydrogens is 280 g/mol. The maximum atomic E-state index is 6.23.